The Morgan fingerprint density at radius 1 is 1.08 bits per heavy atom. The second-order valence-electron chi connectivity index (χ2n) is 6.24. The zero-order valence-corrected chi connectivity index (χ0v) is 15.3. The summed E-state index contributed by atoms with van der Waals surface area (Å²) in [7, 11) is 0. The van der Waals surface area contributed by atoms with Crippen molar-refractivity contribution in [2.45, 2.75) is 40.7 Å². The van der Waals surface area contributed by atoms with Crippen LogP contribution in [-0.2, 0) is 13.0 Å². The van der Waals surface area contributed by atoms with Crippen molar-refractivity contribution < 1.29 is 18.7 Å². The van der Waals surface area contributed by atoms with Gasteiger partial charge in [0.2, 0.25) is 0 Å². The minimum atomic E-state index is 0.0202. The van der Waals surface area contributed by atoms with E-state index in [0.29, 0.717) is 37.6 Å². The summed E-state index contributed by atoms with van der Waals surface area (Å²) in [4.78, 5) is 14.7. The molecule has 0 aliphatic carbocycles. The van der Waals surface area contributed by atoms with Gasteiger partial charge >= 0.3 is 0 Å². The SMILES string of the molecule is CCOc1cc2c(cc1OCC)CN(C(=O)c1cc(C)oc1C)CC2. The minimum Gasteiger partial charge on any atom is -0.490 e. The van der Waals surface area contributed by atoms with Crippen LogP contribution in [0.3, 0.4) is 0 Å². The van der Waals surface area contributed by atoms with E-state index in [1.807, 2.05) is 44.7 Å². The molecule has 0 unspecified atom stereocenters. The Bertz CT molecular complexity index is 778. The lowest BCUT2D eigenvalue weighted by atomic mass is 9.98. The summed E-state index contributed by atoms with van der Waals surface area (Å²) in [5.74, 6) is 2.98. The molecule has 1 aliphatic rings. The van der Waals surface area contributed by atoms with Gasteiger partial charge < -0.3 is 18.8 Å². The second-order valence-corrected chi connectivity index (χ2v) is 6.24. The predicted molar refractivity (Wildman–Crippen MR) is 95.4 cm³/mol. The average molecular weight is 343 g/mol. The minimum absolute atomic E-state index is 0.0202. The number of hydrogen-bond donors (Lipinski definition) is 0. The summed E-state index contributed by atoms with van der Waals surface area (Å²) in [6.45, 7) is 10.1. The van der Waals surface area contributed by atoms with Crippen LogP contribution >= 0.6 is 0 Å². The Morgan fingerprint density at radius 3 is 2.28 bits per heavy atom. The first-order valence-corrected chi connectivity index (χ1v) is 8.81. The van der Waals surface area contributed by atoms with Crippen LogP contribution in [0.25, 0.3) is 0 Å². The molecule has 0 spiro atoms. The summed E-state index contributed by atoms with van der Waals surface area (Å²) in [6, 6.07) is 5.88. The Balaban J connectivity index is 1.86. The van der Waals surface area contributed by atoms with Gasteiger partial charge in [-0.3, -0.25) is 4.79 Å². The highest BCUT2D eigenvalue weighted by Crippen LogP contribution is 2.34. The molecule has 1 aromatic carbocycles. The maximum Gasteiger partial charge on any atom is 0.257 e. The molecule has 5 heteroatoms. The van der Waals surface area contributed by atoms with Crippen LogP contribution in [0.4, 0.5) is 0 Å². The second kappa shape index (κ2) is 7.21. The summed E-state index contributed by atoms with van der Waals surface area (Å²) >= 11 is 0. The van der Waals surface area contributed by atoms with Crippen LogP contribution in [0.2, 0.25) is 0 Å². The molecule has 5 nitrogen and oxygen atoms in total. The Morgan fingerprint density at radius 2 is 1.72 bits per heavy atom. The van der Waals surface area contributed by atoms with Crippen molar-refractivity contribution in [1.29, 1.82) is 0 Å². The molecular formula is C20H25NO4. The van der Waals surface area contributed by atoms with Gasteiger partial charge in [0.1, 0.15) is 11.5 Å². The number of aryl methyl sites for hydroxylation is 2. The fourth-order valence-corrected chi connectivity index (χ4v) is 3.29. The van der Waals surface area contributed by atoms with Gasteiger partial charge in [-0.05, 0) is 63.4 Å². The highest BCUT2D eigenvalue weighted by molar-refractivity contribution is 5.95. The third-order valence-corrected chi connectivity index (χ3v) is 4.44. The molecule has 3 rings (SSSR count). The number of hydrogen-bond acceptors (Lipinski definition) is 4. The van der Waals surface area contributed by atoms with E-state index in [1.165, 1.54) is 5.56 Å². The quantitative estimate of drug-likeness (QED) is 0.826. The van der Waals surface area contributed by atoms with E-state index in [4.69, 9.17) is 13.9 Å². The van der Waals surface area contributed by atoms with E-state index in [0.717, 1.165) is 29.2 Å². The molecule has 0 N–H and O–H groups in total. The lowest BCUT2D eigenvalue weighted by Crippen LogP contribution is -2.36. The normalized spacial score (nSPS) is 13.5. The molecule has 0 radical (unpaired) electrons. The first-order valence-electron chi connectivity index (χ1n) is 8.81. The number of furan rings is 1. The number of benzene rings is 1. The molecule has 0 fully saturated rings. The van der Waals surface area contributed by atoms with Crippen molar-refractivity contribution in [3.05, 3.63) is 46.4 Å². The molecule has 2 heterocycles. The van der Waals surface area contributed by atoms with Crippen molar-refractivity contribution >= 4 is 5.91 Å². The van der Waals surface area contributed by atoms with Crippen LogP contribution in [0, 0.1) is 13.8 Å². The van der Waals surface area contributed by atoms with Gasteiger partial charge in [0.15, 0.2) is 11.5 Å². The van der Waals surface area contributed by atoms with Gasteiger partial charge in [-0.25, -0.2) is 0 Å². The number of rotatable bonds is 5. The van der Waals surface area contributed by atoms with Crippen molar-refractivity contribution in [1.82, 2.24) is 4.90 Å². The van der Waals surface area contributed by atoms with E-state index in [1.54, 1.807) is 0 Å². The summed E-state index contributed by atoms with van der Waals surface area (Å²) in [5.41, 5.74) is 2.98. The first kappa shape index (κ1) is 17.4. The molecule has 134 valence electrons. The molecule has 2 aromatic rings. The summed E-state index contributed by atoms with van der Waals surface area (Å²) in [6.07, 6.45) is 0.809. The van der Waals surface area contributed by atoms with Crippen LogP contribution in [0.1, 0.15) is 46.9 Å². The van der Waals surface area contributed by atoms with Gasteiger partial charge in [-0.2, -0.15) is 0 Å². The Hall–Kier alpha value is -2.43. The van der Waals surface area contributed by atoms with Crippen LogP contribution in [-0.4, -0.2) is 30.6 Å². The first-order chi connectivity index (χ1) is 12.0. The Kier molecular flexibility index (Phi) is 5.02. The maximum atomic E-state index is 12.8. The molecule has 0 saturated carbocycles. The zero-order chi connectivity index (χ0) is 18.0. The van der Waals surface area contributed by atoms with Gasteiger partial charge in [0.25, 0.3) is 5.91 Å². The third-order valence-electron chi connectivity index (χ3n) is 4.44. The lowest BCUT2D eigenvalue weighted by Gasteiger charge is -2.29. The van der Waals surface area contributed by atoms with E-state index in [9.17, 15) is 4.79 Å². The Labute approximate surface area is 148 Å². The van der Waals surface area contributed by atoms with Crippen LogP contribution < -0.4 is 9.47 Å². The third kappa shape index (κ3) is 3.50. The molecule has 1 aromatic heterocycles. The van der Waals surface area contributed by atoms with Crippen LogP contribution in [0.5, 0.6) is 11.5 Å². The standard InChI is InChI=1S/C20H25NO4/c1-5-23-18-10-15-7-8-21(12-16(15)11-19(18)24-6-2)20(22)17-9-13(3)25-14(17)4/h9-11H,5-8,12H2,1-4H3. The van der Waals surface area contributed by atoms with Gasteiger partial charge in [-0.1, -0.05) is 0 Å². The maximum absolute atomic E-state index is 12.8. The van der Waals surface area contributed by atoms with Gasteiger partial charge in [0, 0.05) is 13.1 Å². The van der Waals surface area contributed by atoms with Gasteiger partial charge in [-0.15, -0.1) is 0 Å². The summed E-state index contributed by atoms with van der Waals surface area (Å²) < 4.78 is 16.9. The van der Waals surface area contributed by atoms with E-state index in [-0.39, 0.29) is 5.91 Å². The lowest BCUT2D eigenvalue weighted by molar-refractivity contribution is 0.0732. The zero-order valence-electron chi connectivity index (χ0n) is 15.3. The van der Waals surface area contributed by atoms with E-state index >= 15 is 0 Å². The number of carbonyl (C=O) groups is 1. The molecule has 0 atom stereocenters. The highest BCUT2D eigenvalue weighted by atomic mass is 16.5. The average Bonchev–Trinajstić information content (AvgIpc) is 2.93. The number of nitrogens with zero attached hydrogens (tertiary/aromatic N) is 1. The molecule has 1 amide bonds. The topological polar surface area (TPSA) is 51.9 Å². The number of fused-ring (bicyclic) bond motifs is 1. The van der Waals surface area contributed by atoms with Crippen LogP contribution in [0.15, 0.2) is 22.6 Å². The molecule has 0 saturated heterocycles. The van der Waals surface area contributed by atoms with Crippen molar-refractivity contribution in [2.24, 2.45) is 0 Å². The largest absolute Gasteiger partial charge is 0.490 e. The van der Waals surface area contributed by atoms with E-state index in [2.05, 4.69) is 6.07 Å². The fraction of sp³-hybridized carbons (Fsp3) is 0.450. The van der Waals surface area contributed by atoms with Crippen molar-refractivity contribution in [3.8, 4) is 11.5 Å². The smallest absolute Gasteiger partial charge is 0.257 e. The monoisotopic (exact) mass is 343 g/mol. The fourth-order valence-electron chi connectivity index (χ4n) is 3.29. The van der Waals surface area contributed by atoms with Crippen molar-refractivity contribution in [3.63, 3.8) is 0 Å². The molecule has 25 heavy (non-hydrogen) atoms. The highest BCUT2D eigenvalue weighted by Gasteiger charge is 2.26. The van der Waals surface area contributed by atoms with Gasteiger partial charge in [0.05, 0.1) is 18.8 Å². The predicted octanol–water partition coefficient (Wildman–Crippen LogP) is 3.89. The summed E-state index contributed by atoms with van der Waals surface area (Å²) in [5, 5.41) is 0. The molecular weight excluding hydrogens is 318 g/mol. The number of amides is 1. The molecule has 1 aliphatic heterocycles. The van der Waals surface area contributed by atoms with E-state index < -0.39 is 0 Å². The number of carbonyl (C=O) groups excluding carboxylic acids is 1. The van der Waals surface area contributed by atoms with Crippen molar-refractivity contribution in [2.75, 3.05) is 19.8 Å². The number of ether oxygens (including phenoxy) is 2. The molecule has 0 bridgehead atoms.